The van der Waals surface area contributed by atoms with Gasteiger partial charge in [-0.15, -0.1) is 0 Å². The fourth-order valence-electron chi connectivity index (χ4n) is 3.67. The minimum Gasteiger partial charge on any atom is -0.312 e. The molecule has 0 bridgehead atoms. The maximum atomic E-state index is 12.6. The third kappa shape index (κ3) is 3.46. The first kappa shape index (κ1) is 14.6. The number of para-hydroxylation sites is 1. The van der Waals surface area contributed by atoms with E-state index in [1.165, 1.54) is 18.4 Å². The molecule has 2 aliphatic rings. The molecule has 1 aromatic rings. The van der Waals surface area contributed by atoms with Crippen molar-refractivity contribution < 1.29 is 4.79 Å². The van der Waals surface area contributed by atoms with Crippen molar-refractivity contribution in [2.24, 2.45) is 5.92 Å². The van der Waals surface area contributed by atoms with Crippen LogP contribution in [0.15, 0.2) is 24.3 Å². The molecule has 2 heterocycles. The highest BCUT2D eigenvalue weighted by Crippen LogP contribution is 2.27. The molecule has 114 valence electrons. The van der Waals surface area contributed by atoms with Crippen molar-refractivity contribution in [3.8, 4) is 0 Å². The van der Waals surface area contributed by atoms with Gasteiger partial charge in [0.25, 0.3) is 0 Å². The number of rotatable bonds is 3. The molecule has 3 rings (SSSR count). The number of nitrogens with zero attached hydrogens (tertiary/aromatic N) is 2. The van der Waals surface area contributed by atoms with Crippen molar-refractivity contribution in [3.63, 3.8) is 0 Å². The second kappa shape index (κ2) is 6.61. The molecule has 0 N–H and O–H groups in total. The van der Waals surface area contributed by atoms with E-state index in [9.17, 15) is 4.79 Å². The SMILES string of the molecule is CC1CCCN(CCC(=O)N2CCCc3ccccc32)C1. The minimum atomic E-state index is 0.292. The van der Waals surface area contributed by atoms with Crippen LogP contribution in [0.3, 0.4) is 0 Å². The van der Waals surface area contributed by atoms with E-state index in [0.717, 1.165) is 50.6 Å². The summed E-state index contributed by atoms with van der Waals surface area (Å²) in [5, 5.41) is 0. The lowest BCUT2D eigenvalue weighted by Crippen LogP contribution is -2.40. The summed E-state index contributed by atoms with van der Waals surface area (Å²) in [7, 11) is 0. The van der Waals surface area contributed by atoms with Crippen LogP contribution in [0.1, 0.15) is 38.2 Å². The summed E-state index contributed by atoms with van der Waals surface area (Å²) >= 11 is 0. The van der Waals surface area contributed by atoms with Gasteiger partial charge in [-0.2, -0.15) is 0 Å². The number of amides is 1. The number of piperidine rings is 1. The highest BCUT2D eigenvalue weighted by atomic mass is 16.2. The molecule has 1 atom stereocenters. The summed E-state index contributed by atoms with van der Waals surface area (Å²) in [5.74, 6) is 1.07. The molecule has 0 radical (unpaired) electrons. The number of anilines is 1. The second-order valence-electron chi connectivity index (χ2n) is 6.58. The molecule has 0 aliphatic carbocycles. The van der Waals surface area contributed by atoms with Gasteiger partial charge in [0.05, 0.1) is 0 Å². The second-order valence-corrected chi connectivity index (χ2v) is 6.58. The molecular weight excluding hydrogens is 260 g/mol. The van der Waals surface area contributed by atoms with E-state index in [4.69, 9.17) is 0 Å². The first-order valence-corrected chi connectivity index (χ1v) is 8.34. The Bertz CT molecular complexity index is 500. The molecule has 0 spiro atoms. The van der Waals surface area contributed by atoms with Crippen LogP contribution in [0.2, 0.25) is 0 Å². The Morgan fingerprint density at radius 2 is 2.10 bits per heavy atom. The van der Waals surface area contributed by atoms with Crippen LogP contribution in [-0.2, 0) is 11.2 Å². The minimum absolute atomic E-state index is 0.292. The zero-order valence-electron chi connectivity index (χ0n) is 13.1. The predicted molar refractivity (Wildman–Crippen MR) is 86.6 cm³/mol. The predicted octanol–water partition coefficient (Wildman–Crippen LogP) is 3.09. The molecule has 3 nitrogen and oxygen atoms in total. The Kier molecular flexibility index (Phi) is 4.59. The third-order valence-electron chi connectivity index (χ3n) is 4.79. The van der Waals surface area contributed by atoms with E-state index in [-0.39, 0.29) is 0 Å². The number of aryl methyl sites for hydroxylation is 1. The average Bonchev–Trinajstić information content (AvgIpc) is 2.52. The smallest absolute Gasteiger partial charge is 0.228 e. The van der Waals surface area contributed by atoms with Crippen molar-refractivity contribution in [3.05, 3.63) is 29.8 Å². The summed E-state index contributed by atoms with van der Waals surface area (Å²) in [6, 6.07) is 8.36. The molecule has 2 aliphatic heterocycles. The summed E-state index contributed by atoms with van der Waals surface area (Å²) < 4.78 is 0. The van der Waals surface area contributed by atoms with Gasteiger partial charge < -0.3 is 9.80 Å². The molecule has 21 heavy (non-hydrogen) atoms. The Morgan fingerprint density at radius 1 is 1.24 bits per heavy atom. The van der Waals surface area contributed by atoms with Gasteiger partial charge in [0.2, 0.25) is 5.91 Å². The molecule has 1 aromatic carbocycles. The fourth-order valence-corrected chi connectivity index (χ4v) is 3.67. The van der Waals surface area contributed by atoms with Gasteiger partial charge in [0.1, 0.15) is 0 Å². The van der Waals surface area contributed by atoms with Crippen molar-refractivity contribution in [2.45, 2.75) is 39.0 Å². The van der Waals surface area contributed by atoms with E-state index >= 15 is 0 Å². The van der Waals surface area contributed by atoms with Crippen LogP contribution in [0.5, 0.6) is 0 Å². The Hall–Kier alpha value is -1.35. The maximum Gasteiger partial charge on any atom is 0.228 e. The van der Waals surface area contributed by atoms with Crippen LogP contribution in [0.25, 0.3) is 0 Å². The van der Waals surface area contributed by atoms with Crippen molar-refractivity contribution in [1.82, 2.24) is 4.90 Å². The zero-order chi connectivity index (χ0) is 14.7. The molecule has 1 saturated heterocycles. The van der Waals surface area contributed by atoms with Crippen LogP contribution in [0, 0.1) is 5.92 Å². The standard InChI is InChI=1S/C18H26N2O/c1-15-6-4-11-19(14-15)13-10-18(21)20-12-5-8-16-7-2-3-9-17(16)20/h2-3,7,9,15H,4-6,8,10-14H2,1H3. The molecule has 0 aromatic heterocycles. The highest BCUT2D eigenvalue weighted by molar-refractivity contribution is 5.94. The van der Waals surface area contributed by atoms with Gasteiger partial charge >= 0.3 is 0 Å². The zero-order valence-corrected chi connectivity index (χ0v) is 13.1. The van der Waals surface area contributed by atoms with Crippen molar-refractivity contribution in [1.29, 1.82) is 0 Å². The first-order valence-electron chi connectivity index (χ1n) is 8.34. The lowest BCUT2D eigenvalue weighted by Gasteiger charge is -2.33. The normalized spacial score (nSPS) is 22.9. The van der Waals surface area contributed by atoms with Gasteiger partial charge in [0.15, 0.2) is 0 Å². The average molecular weight is 286 g/mol. The lowest BCUT2D eigenvalue weighted by atomic mass is 10.00. The lowest BCUT2D eigenvalue weighted by molar-refractivity contribution is -0.119. The summed E-state index contributed by atoms with van der Waals surface area (Å²) in [4.78, 5) is 17.1. The maximum absolute atomic E-state index is 12.6. The quantitative estimate of drug-likeness (QED) is 0.852. The van der Waals surface area contributed by atoms with Crippen LogP contribution in [0.4, 0.5) is 5.69 Å². The number of carbonyl (C=O) groups is 1. The van der Waals surface area contributed by atoms with Crippen molar-refractivity contribution in [2.75, 3.05) is 31.1 Å². The highest BCUT2D eigenvalue weighted by Gasteiger charge is 2.23. The van der Waals surface area contributed by atoms with Gasteiger partial charge in [-0.25, -0.2) is 0 Å². The Balaban J connectivity index is 1.59. The van der Waals surface area contributed by atoms with Gasteiger partial charge in [-0.05, 0) is 49.8 Å². The largest absolute Gasteiger partial charge is 0.312 e. The fraction of sp³-hybridized carbons (Fsp3) is 0.611. The third-order valence-corrected chi connectivity index (χ3v) is 4.79. The number of carbonyl (C=O) groups excluding carboxylic acids is 1. The van der Waals surface area contributed by atoms with Gasteiger partial charge in [-0.1, -0.05) is 25.1 Å². The Morgan fingerprint density at radius 3 is 2.95 bits per heavy atom. The van der Waals surface area contributed by atoms with Crippen molar-refractivity contribution >= 4 is 11.6 Å². The van der Waals surface area contributed by atoms with E-state index < -0.39 is 0 Å². The number of benzene rings is 1. The topological polar surface area (TPSA) is 23.6 Å². The molecule has 1 unspecified atom stereocenters. The summed E-state index contributed by atoms with van der Waals surface area (Å²) in [6.07, 6.45) is 5.46. The van der Waals surface area contributed by atoms with Gasteiger partial charge in [-0.3, -0.25) is 4.79 Å². The van der Waals surface area contributed by atoms with E-state index in [0.29, 0.717) is 12.3 Å². The molecule has 3 heteroatoms. The monoisotopic (exact) mass is 286 g/mol. The molecular formula is C18H26N2O. The van der Waals surface area contributed by atoms with E-state index in [1.807, 2.05) is 11.0 Å². The van der Waals surface area contributed by atoms with Crippen LogP contribution in [-0.4, -0.2) is 37.0 Å². The van der Waals surface area contributed by atoms with E-state index in [2.05, 4.69) is 30.0 Å². The summed E-state index contributed by atoms with van der Waals surface area (Å²) in [5.41, 5.74) is 2.46. The number of fused-ring (bicyclic) bond motifs is 1. The van der Waals surface area contributed by atoms with Gasteiger partial charge in [0, 0.05) is 31.7 Å². The molecule has 1 amide bonds. The number of hydrogen-bond donors (Lipinski definition) is 0. The Labute approximate surface area is 127 Å². The number of likely N-dealkylation sites (tertiary alicyclic amines) is 1. The summed E-state index contributed by atoms with van der Waals surface area (Å²) in [6.45, 7) is 6.43. The van der Waals surface area contributed by atoms with Crippen LogP contribution >= 0.6 is 0 Å². The first-order chi connectivity index (χ1) is 10.2. The molecule has 0 saturated carbocycles. The van der Waals surface area contributed by atoms with Crippen LogP contribution < -0.4 is 4.90 Å². The molecule has 1 fully saturated rings. The number of hydrogen-bond acceptors (Lipinski definition) is 2. The van der Waals surface area contributed by atoms with E-state index in [1.54, 1.807) is 0 Å².